The maximum atomic E-state index is 7.39. The molecule has 8 aromatic carbocycles. The van der Waals surface area contributed by atoms with E-state index in [1.165, 1.54) is 29.7 Å². The van der Waals surface area contributed by atoms with E-state index < -0.39 is 27.4 Å². The molecule has 0 fully saturated rings. The van der Waals surface area contributed by atoms with Gasteiger partial charge in [0.2, 0.25) is 0 Å². The van der Waals surface area contributed by atoms with Crippen LogP contribution in [0.25, 0.3) is 101 Å². The predicted octanol–water partition coefficient (Wildman–Crippen LogP) is 22.5. The number of rotatable bonds is 9. The molecule has 10 heteroatoms. The molecule has 15 rings (SSSR count). The Morgan fingerprint density at radius 2 is 0.529 bits per heavy atom. The van der Waals surface area contributed by atoms with E-state index in [1.807, 2.05) is 200 Å². The molecule has 3 radical (unpaired) electrons. The largest absolute Gasteiger partial charge is 0.304 e. The van der Waals surface area contributed by atoms with Crippen molar-refractivity contribution < 1.29 is 76.8 Å². The predicted molar refractivity (Wildman–Crippen MR) is 408 cm³/mol. The van der Waals surface area contributed by atoms with Crippen LogP contribution in [0.2, 0.25) is 0 Å². The number of hydrogen-bond donors (Lipinski definition) is 0. The molecule has 0 atom stereocenters. The number of aromatic nitrogens is 7. The van der Waals surface area contributed by atoms with Crippen LogP contribution in [0, 0.1) is 98.4 Å². The summed E-state index contributed by atoms with van der Waals surface area (Å²) in [7, 11) is 0. The van der Waals surface area contributed by atoms with E-state index >= 15 is 0 Å². The Balaban J connectivity index is 0.000000189. The van der Waals surface area contributed by atoms with E-state index in [9.17, 15) is 0 Å². The van der Waals surface area contributed by atoms with Crippen molar-refractivity contribution in [2.45, 2.75) is 62.0 Å². The first kappa shape index (κ1) is 62.7. The summed E-state index contributed by atoms with van der Waals surface area (Å²) >= 11 is 0. The van der Waals surface area contributed by atoms with E-state index in [0.717, 1.165) is 118 Å². The van der Waals surface area contributed by atoms with Gasteiger partial charge in [0, 0.05) is 126 Å². The molecule has 0 aliphatic heterocycles. The average Bonchev–Trinajstić information content (AvgIpc) is 0.794. The van der Waals surface area contributed by atoms with E-state index in [2.05, 4.69) is 128 Å². The first-order valence-corrected chi connectivity index (χ1v) is 31.9. The maximum Gasteiger partial charge on any atom is 0.0745 e. The molecule has 0 bridgehead atoms. The Hall–Kier alpha value is -10.2. The number of aryl methyl sites for hydroxylation is 9. The minimum Gasteiger partial charge on any atom is -0.304 e. The van der Waals surface area contributed by atoms with Crippen molar-refractivity contribution in [2.75, 3.05) is 0 Å². The summed E-state index contributed by atoms with van der Waals surface area (Å²) in [6.45, 7) is 1.14. The summed E-state index contributed by atoms with van der Waals surface area (Å²) in [5.74, 6) is 0. The standard InChI is InChI=1S/2C18H14N.C17H13N2.3C13H12N.3Ir/c2*1-14-7-9-15(10-8-14)17-11-12-18(19-13-17)16-5-3-2-4-6-16;1-13-6-5-11-18-17(13)15-9-10-16(19-12-15)14-7-3-2-4-8-14;3*1-10-8-13(14-9-11(10)2)12-6-4-3-5-7-12;;;/h2*2-5,7-13H,1H3;2-7,9-12H,1H3;3*3-6,8-9H,1-2H3;;;/q6*-1;;;/i1D3;;;3*2D3;;;. The summed E-state index contributed by atoms with van der Waals surface area (Å²) < 4.78 is 88.5. The second-order valence-corrected chi connectivity index (χ2v) is 22.7. The first-order valence-electron chi connectivity index (χ1n) is 37.9. The van der Waals surface area contributed by atoms with Gasteiger partial charge < -0.3 is 29.9 Å². The van der Waals surface area contributed by atoms with Gasteiger partial charge in [0.1, 0.15) is 0 Å². The molecule has 15 aromatic rings. The van der Waals surface area contributed by atoms with E-state index in [1.54, 1.807) is 63.5 Å². The molecule has 7 heterocycles. The summed E-state index contributed by atoms with van der Waals surface area (Å²) in [4.78, 5) is 30.4. The smallest absolute Gasteiger partial charge is 0.0745 e. The van der Waals surface area contributed by atoms with E-state index in [4.69, 9.17) is 16.4 Å². The minimum absolute atomic E-state index is 0. The Labute approximate surface area is 660 Å². The molecule has 513 valence electrons. The van der Waals surface area contributed by atoms with Gasteiger partial charge in [0.15, 0.2) is 0 Å². The summed E-state index contributed by atoms with van der Waals surface area (Å²) in [5, 5.41) is 0. The number of benzene rings is 8. The molecule has 0 saturated carbocycles. The SMILES string of the molecule is Cc1ccc(-c2ccc(-c3[c-]cccc3)nc2)cc1.Cc1cccnc1-c1ccc(-c2[c-]cccc2)nc1.[2H]C([2H])([2H])c1ccc(-c2ccc(-c3[c-]cccc3)nc2)cc1.[2H]C([2H])([2H])c1cnc(-c2[c-]cccc2)cc1C.[2H]C([2H])([2H])c1cnc(-c2[c-]cccc2)cc1C.[2H]C([2H])([2H])c1cnc(-c2[c-]cccc2)cc1C.[Ir].[Ir].[Ir]. The zero-order chi connectivity index (χ0) is 79.1. The van der Waals surface area contributed by atoms with Crippen LogP contribution in [-0.2, 0) is 60.3 Å². The summed E-state index contributed by atoms with van der Waals surface area (Å²) in [6.07, 6.45) is 11.7. The van der Waals surface area contributed by atoms with Gasteiger partial charge in [-0.15, -0.1) is 215 Å². The zero-order valence-corrected chi connectivity index (χ0v) is 63.7. The minimum atomic E-state index is -2.10. The Kier molecular flexibility index (Phi) is 25.1. The van der Waals surface area contributed by atoms with Crippen LogP contribution in [0.15, 0.2) is 304 Å². The van der Waals surface area contributed by atoms with Crippen molar-refractivity contribution >= 4 is 0 Å². The maximum absolute atomic E-state index is 7.39. The van der Waals surface area contributed by atoms with Crippen molar-refractivity contribution in [1.82, 2.24) is 34.9 Å². The zero-order valence-electron chi connectivity index (χ0n) is 68.5. The first-order chi connectivity index (χ1) is 53.2. The van der Waals surface area contributed by atoms with Crippen LogP contribution >= 0.6 is 0 Å². The van der Waals surface area contributed by atoms with Crippen LogP contribution < -0.4 is 0 Å². The Bertz CT molecular complexity index is 5170. The van der Waals surface area contributed by atoms with Gasteiger partial charge in [-0.05, 0) is 147 Å². The molecule has 7 aromatic heterocycles. The summed E-state index contributed by atoms with van der Waals surface area (Å²) in [6, 6.07) is 102. The van der Waals surface area contributed by atoms with E-state index in [0.29, 0.717) is 22.3 Å². The number of pyridine rings is 7. The van der Waals surface area contributed by atoms with Crippen LogP contribution in [-0.4, -0.2) is 34.9 Å². The molecule has 0 unspecified atom stereocenters. The number of nitrogens with zero attached hydrogens (tertiary/aromatic N) is 7. The summed E-state index contributed by atoms with van der Waals surface area (Å²) in [5.41, 5.74) is 22.7. The van der Waals surface area contributed by atoms with Crippen molar-refractivity contribution in [1.29, 1.82) is 0 Å². The third kappa shape index (κ3) is 23.4. The van der Waals surface area contributed by atoms with Gasteiger partial charge in [-0.2, -0.15) is 0 Å². The van der Waals surface area contributed by atoms with Crippen LogP contribution in [0.5, 0.6) is 0 Å². The fourth-order valence-corrected chi connectivity index (χ4v) is 9.76. The topological polar surface area (TPSA) is 90.2 Å². The molecular weight excluding hydrogens is 1780 g/mol. The third-order valence-electron chi connectivity index (χ3n) is 15.4. The molecule has 0 saturated heterocycles. The van der Waals surface area contributed by atoms with Crippen LogP contribution in [0.4, 0.5) is 0 Å². The van der Waals surface area contributed by atoms with Crippen LogP contribution in [0.1, 0.15) is 66.5 Å². The van der Waals surface area contributed by atoms with Gasteiger partial charge in [0.05, 0.1) is 5.69 Å². The molecule has 102 heavy (non-hydrogen) atoms. The monoisotopic (exact) mass is 1870 g/mol. The Morgan fingerprint density at radius 3 is 0.794 bits per heavy atom. The molecule has 0 N–H and O–H groups in total. The molecule has 0 amide bonds. The average molecular weight is 1870 g/mol. The van der Waals surface area contributed by atoms with Gasteiger partial charge in [-0.25, -0.2) is 0 Å². The molecule has 0 aliphatic rings. The molecular formula is C92H77Ir3N7-6. The van der Waals surface area contributed by atoms with Gasteiger partial charge >= 0.3 is 0 Å². The molecule has 0 aliphatic carbocycles. The third-order valence-corrected chi connectivity index (χ3v) is 15.4. The molecule has 0 spiro atoms. The fourth-order valence-electron chi connectivity index (χ4n) is 9.76. The van der Waals surface area contributed by atoms with Crippen molar-refractivity contribution in [2.24, 2.45) is 0 Å². The van der Waals surface area contributed by atoms with Crippen molar-refractivity contribution in [3.8, 4) is 101 Å². The van der Waals surface area contributed by atoms with Crippen LogP contribution in [0.3, 0.4) is 0 Å². The normalized spacial score (nSPS) is 12.2. The van der Waals surface area contributed by atoms with Crippen molar-refractivity contribution in [3.63, 3.8) is 0 Å². The van der Waals surface area contributed by atoms with Crippen molar-refractivity contribution in [3.05, 3.63) is 391 Å². The molecule has 7 nitrogen and oxygen atoms in total. The van der Waals surface area contributed by atoms with Gasteiger partial charge in [-0.3, -0.25) is 4.98 Å². The number of hydrogen-bond acceptors (Lipinski definition) is 7. The second kappa shape index (κ2) is 40.9. The van der Waals surface area contributed by atoms with E-state index in [-0.39, 0.29) is 60.3 Å². The fraction of sp³-hybridized carbons (Fsp3) is 0.0978. The van der Waals surface area contributed by atoms with Gasteiger partial charge in [0.25, 0.3) is 0 Å². The quantitative estimate of drug-likeness (QED) is 0.133. The second-order valence-electron chi connectivity index (χ2n) is 22.7. The van der Waals surface area contributed by atoms with Gasteiger partial charge in [-0.1, -0.05) is 137 Å². The Morgan fingerprint density at radius 1 is 0.235 bits per heavy atom.